The van der Waals surface area contributed by atoms with E-state index >= 15 is 0 Å². The van der Waals surface area contributed by atoms with Crippen LogP contribution in [0.2, 0.25) is 0 Å². The number of unbranched alkanes of at least 4 members (excludes halogenated alkanes) is 2. The van der Waals surface area contributed by atoms with E-state index in [0.717, 1.165) is 18.4 Å². The van der Waals surface area contributed by atoms with Gasteiger partial charge in [0.1, 0.15) is 5.75 Å². The minimum atomic E-state index is -1.01. The summed E-state index contributed by atoms with van der Waals surface area (Å²) >= 11 is 0. The van der Waals surface area contributed by atoms with E-state index in [0.29, 0.717) is 18.7 Å². The van der Waals surface area contributed by atoms with E-state index in [-0.39, 0.29) is 13.0 Å². The van der Waals surface area contributed by atoms with Crippen molar-refractivity contribution in [2.75, 3.05) is 13.2 Å². The smallest absolute Gasteiger partial charge is 0.341 e. The second-order valence-electron chi connectivity index (χ2n) is 4.49. The Kier molecular flexibility index (Phi) is 7.56. The lowest BCUT2D eigenvalue weighted by Crippen LogP contribution is -2.09. The minimum absolute atomic E-state index is 0.210. The largest absolute Gasteiger partial charge is 0.482 e. The predicted octanol–water partition coefficient (Wildman–Crippen LogP) is 2.21. The molecule has 0 aromatic heterocycles. The van der Waals surface area contributed by atoms with Crippen molar-refractivity contribution in [3.63, 3.8) is 0 Å². The average molecular weight is 293 g/mol. The van der Waals surface area contributed by atoms with Crippen molar-refractivity contribution in [3.8, 4) is 5.75 Å². The maximum atomic E-state index is 10.3. The van der Waals surface area contributed by atoms with Gasteiger partial charge in [-0.2, -0.15) is 0 Å². The van der Waals surface area contributed by atoms with E-state index in [1.807, 2.05) is 0 Å². The lowest BCUT2D eigenvalue weighted by molar-refractivity contribution is -0.139. The highest BCUT2D eigenvalue weighted by Gasteiger charge is 1.98. The molecule has 0 aliphatic carbocycles. The SMILES string of the molecule is O=C(O)CCCCCN=Cc1ccc(OCC(=O)O)cc1. The minimum Gasteiger partial charge on any atom is -0.482 e. The van der Waals surface area contributed by atoms with E-state index < -0.39 is 11.9 Å². The summed E-state index contributed by atoms with van der Waals surface area (Å²) in [5.74, 6) is -1.27. The van der Waals surface area contributed by atoms with Gasteiger partial charge in [-0.3, -0.25) is 9.79 Å². The average Bonchev–Trinajstić information content (AvgIpc) is 2.45. The first-order valence-electron chi connectivity index (χ1n) is 6.74. The first kappa shape index (κ1) is 16.7. The normalized spacial score (nSPS) is 10.7. The molecule has 6 nitrogen and oxygen atoms in total. The summed E-state index contributed by atoms with van der Waals surface area (Å²) in [6, 6.07) is 6.98. The van der Waals surface area contributed by atoms with Gasteiger partial charge in [-0.25, -0.2) is 4.79 Å². The highest BCUT2D eigenvalue weighted by molar-refractivity contribution is 5.79. The molecule has 0 heterocycles. The van der Waals surface area contributed by atoms with Crippen LogP contribution in [0.3, 0.4) is 0 Å². The van der Waals surface area contributed by atoms with Crippen molar-refractivity contribution in [2.24, 2.45) is 4.99 Å². The fraction of sp³-hybridized carbons (Fsp3) is 0.400. The highest BCUT2D eigenvalue weighted by Crippen LogP contribution is 2.11. The molecular weight excluding hydrogens is 274 g/mol. The summed E-state index contributed by atoms with van der Waals surface area (Å²) in [7, 11) is 0. The summed E-state index contributed by atoms with van der Waals surface area (Å²) in [6.45, 7) is 0.306. The molecule has 6 heteroatoms. The Bertz CT molecular complexity index is 481. The van der Waals surface area contributed by atoms with Gasteiger partial charge in [-0.1, -0.05) is 6.42 Å². The van der Waals surface area contributed by atoms with Gasteiger partial charge in [0.2, 0.25) is 0 Å². The fourth-order valence-corrected chi connectivity index (χ4v) is 1.62. The third kappa shape index (κ3) is 8.41. The van der Waals surface area contributed by atoms with Gasteiger partial charge in [-0.05, 0) is 42.7 Å². The number of hydrogen-bond donors (Lipinski definition) is 2. The van der Waals surface area contributed by atoms with Crippen LogP contribution in [0.4, 0.5) is 0 Å². The molecule has 1 rings (SSSR count). The topological polar surface area (TPSA) is 96.2 Å². The first-order valence-corrected chi connectivity index (χ1v) is 6.74. The summed E-state index contributed by atoms with van der Waals surface area (Å²) in [5, 5.41) is 17.0. The van der Waals surface area contributed by atoms with Gasteiger partial charge in [0.15, 0.2) is 6.61 Å². The Morgan fingerprint density at radius 1 is 1.05 bits per heavy atom. The Balaban J connectivity index is 2.23. The molecule has 1 aromatic carbocycles. The number of carbonyl (C=O) groups is 2. The fourth-order valence-electron chi connectivity index (χ4n) is 1.62. The van der Waals surface area contributed by atoms with Crippen molar-refractivity contribution < 1.29 is 24.5 Å². The number of hydrogen-bond acceptors (Lipinski definition) is 4. The Labute approximate surface area is 123 Å². The van der Waals surface area contributed by atoms with Crippen LogP contribution in [0, 0.1) is 0 Å². The zero-order chi connectivity index (χ0) is 15.5. The van der Waals surface area contributed by atoms with Crippen molar-refractivity contribution in [1.29, 1.82) is 0 Å². The Hall–Kier alpha value is -2.37. The molecule has 0 spiro atoms. The zero-order valence-corrected chi connectivity index (χ0v) is 11.7. The van der Waals surface area contributed by atoms with Gasteiger partial charge in [0.25, 0.3) is 0 Å². The van der Waals surface area contributed by atoms with E-state index in [4.69, 9.17) is 14.9 Å². The number of rotatable bonds is 10. The van der Waals surface area contributed by atoms with E-state index in [1.54, 1.807) is 30.5 Å². The third-order valence-corrected chi connectivity index (χ3v) is 2.66. The van der Waals surface area contributed by atoms with Gasteiger partial charge >= 0.3 is 11.9 Å². The molecular formula is C15H19NO5. The molecule has 0 aliphatic heterocycles. The van der Waals surface area contributed by atoms with Gasteiger partial charge in [0.05, 0.1) is 0 Å². The molecule has 1 aromatic rings. The molecule has 21 heavy (non-hydrogen) atoms. The number of carboxylic acid groups (broad SMARTS) is 2. The second-order valence-corrected chi connectivity index (χ2v) is 4.49. The van der Waals surface area contributed by atoms with E-state index in [1.165, 1.54) is 0 Å². The summed E-state index contributed by atoms with van der Waals surface area (Å²) in [4.78, 5) is 24.9. The van der Waals surface area contributed by atoms with Crippen LogP contribution < -0.4 is 4.74 Å². The van der Waals surface area contributed by atoms with Crippen LogP contribution >= 0.6 is 0 Å². The second kappa shape index (κ2) is 9.52. The van der Waals surface area contributed by atoms with Gasteiger partial charge in [-0.15, -0.1) is 0 Å². The van der Waals surface area contributed by atoms with Crippen LogP contribution in [0.25, 0.3) is 0 Å². The summed E-state index contributed by atoms with van der Waals surface area (Å²) < 4.78 is 5.02. The van der Waals surface area contributed by atoms with Gasteiger partial charge < -0.3 is 14.9 Å². The van der Waals surface area contributed by atoms with Crippen molar-refractivity contribution in [2.45, 2.75) is 25.7 Å². The first-order chi connectivity index (χ1) is 10.1. The van der Waals surface area contributed by atoms with Crippen LogP contribution in [0.1, 0.15) is 31.2 Å². The van der Waals surface area contributed by atoms with Crippen LogP contribution in [-0.2, 0) is 9.59 Å². The number of benzene rings is 1. The van der Waals surface area contributed by atoms with Crippen molar-refractivity contribution >= 4 is 18.2 Å². The molecule has 0 amide bonds. The Morgan fingerprint density at radius 3 is 2.38 bits per heavy atom. The monoisotopic (exact) mass is 293 g/mol. The molecule has 0 aliphatic rings. The number of carboxylic acids is 2. The maximum Gasteiger partial charge on any atom is 0.341 e. The molecule has 114 valence electrons. The molecule has 0 fully saturated rings. The molecule has 0 saturated carbocycles. The van der Waals surface area contributed by atoms with E-state index in [2.05, 4.69) is 4.99 Å². The van der Waals surface area contributed by atoms with Crippen molar-refractivity contribution in [3.05, 3.63) is 29.8 Å². The number of aliphatic imine (C=N–C) groups is 1. The summed E-state index contributed by atoms with van der Waals surface area (Å²) in [5.41, 5.74) is 0.906. The quantitative estimate of drug-likeness (QED) is 0.509. The molecule has 0 bridgehead atoms. The lowest BCUT2D eigenvalue weighted by atomic mass is 10.2. The third-order valence-electron chi connectivity index (χ3n) is 2.66. The Morgan fingerprint density at radius 2 is 1.76 bits per heavy atom. The molecule has 0 unspecified atom stereocenters. The van der Waals surface area contributed by atoms with E-state index in [9.17, 15) is 9.59 Å². The highest BCUT2D eigenvalue weighted by atomic mass is 16.5. The number of aliphatic carboxylic acids is 2. The summed E-state index contributed by atoms with van der Waals surface area (Å²) in [6.07, 6.45) is 4.34. The number of ether oxygens (including phenoxy) is 1. The number of nitrogens with zero attached hydrogens (tertiary/aromatic N) is 1. The van der Waals surface area contributed by atoms with Crippen molar-refractivity contribution in [1.82, 2.24) is 0 Å². The molecule has 0 atom stereocenters. The van der Waals surface area contributed by atoms with Crippen LogP contribution in [0.5, 0.6) is 5.75 Å². The maximum absolute atomic E-state index is 10.3. The zero-order valence-electron chi connectivity index (χ0n) is 11.7. The van der Waals surface area contributed by atoms with Crippen LogP contribution in [-0.4, -0.2) is 41.5 Å². The standard InChI is InChI=1S/C15H19NO5/c17-14(18)4-2-1-3-9-16-10-12-5-7-13(8-6-12)21-11-15(19)20/h5-8,10H,1-4,9,11H2,(H,17,18)(H,19,20). The molecule has 0 saturated heterocycles. The lowest BCUT2D eigenvalue weighted by Gasteiger charge is -2.02. The molecule has 2 N–H and O–H groups in total. The van der Waals surface area contributed by atoms with Gasteiger partial charge in [0, 0.05) is 19.2 Å². The molecule has 0 radical (unpaired) electrons. The predicted molar refractivity (Wildman–Crippen MR) is 78.1 cm³/mol. The van der Waals surface area contributed by atoms with Crippen LogP contribution in [0.15, 0.2) is 29.3 Å².